The monoisotopic (exact) mass is 199 g/mol. The van der Waals surface area contributed by atoms with Gasteiger partial charge in [-0.1, -0.05) is 11.6 Å². The maximum Gasteiger partial charge on any atom is 0.151 e. The Morgan fingerprint density at radius 1 is 1.77 bits per heavy atom. The Morgan fingerprint density at radius 2 is 2.62 bits per heavy atom. The number of nitrogens with one attached hydrogen (secondary N) is 1. The highest BCUT2D eigenvalue weighted by molar-refractivity contribution is 6.30. The lowest BCUT2D eigenvalue weighted by atomic mass is 10.2. The normalized spacial score (nSPS) is 22.5. The molecule has 1 atom stereocenters. The van der Waals surface area contributed by atoms with Crippen molar-refractivity contribution < 1.29 is 0 Å². The molecule has 1 saturated heterocycles. The molecule has 72 valence electrons. The van der Waals surface area contributed by atoms with Gasteiger partial charge in [-0.2, -0.15) is 0 Å². The average Bonchev–Trinajstić information content (AvgIpc) is 2.72. The molecule has 0 aromatic carbocycles. The van der Waals surface area contributed by atoms with Crippen LogP contribution in [0.1, 0.15) is 31.5 Å². The van der Waals surface area contributed by atoms with Crippen molar-refractivity contribution in [1.82, 2.24) is 14.9 Å². The summed E-state index contributed by atoms with van der Waals surface area (Å²) in [6.45, 7) is 4.14. The van der Waals surface area contributed by atoms with Gasteiger partial charge >= 0.3 is 0 Å². The Labute approximate surface area is 83.1 Å². The van der Waals surface area contributed by atoms with Gasteiger partial charge in [0.25, 0.3) is 0 Å². The molecule has 1 aliphatic heterocycles. The third kappa shape index (κ3) is 1.58. The molecular formula is C9H14ClN3. The molecule has 0 spiro atoms. The molecule has 0 amide bonds. The van der Waals surface area contributed by atoms with Gasteiger partial charge in [0.1, 0.15) is 0 Å². The summed E-state index contributed by atoms with van der Waals surface area (Å²) < 4.78 is 2.12. The first-order chi connectivity index (χ1) is 6.33. The van der Waals surface area contributed by atoms with Crippen molar-refractivity contribution >= 4 is 11.6 Å². The average molecular weight is 200 g/mol. The first-order valence-corrected chi connectivity index (χ1v) is 5.14. The van der Waals surface area contributed by atoms with E-state index in [1.54, 1.807) is 0 Å². The third-order valence-electron chi connectivity index (χ3n) is 2.56. The van der Waals surface area contributed by atoms with E-state index in [-0.39, 0.29) is 0 Å². The number of hydrogen-bond donors (Lipinski definition) is 1. The van der Waals surface area contributed by atoms with Gasteiger partial charge in [-0.25, -0.2) is 4.98 Å². The van der Waals surface area contributed by atoms with Crippen molar-refractivity contribution in [2.45, 2.75) is 32.4 Å². The highest BCUT2D eigenvalue weighted by Crippen LogP contribution is 2.28. The number of aromatic nitrogens is 2. The lowest BCUT2D eigenvalue weighted by molar-refractivity contribution is 0.577. The van der Waals surface area contributed by atoms with E-state index in [9.17, 15) is 0 Å². The first-order valence-electron chi connectivity index (χ1n) is 4.77. The van der Waals surface area contributed by atoms with Gasteiger partial charge in [0, 0.05) is 6.54 Å². The highest BCUT2D eigenvalue weighted by Gasteiger charge is 2.22. The second-order valence-corrected chi connectivity index (χ2v) is 3.71. The molecule has 0 aliphatic carbocycles. The SMILES string of the molecule is CCn1cnc(Cl)c1C1CCCN1. The summed E-state index contributed by atoms with van der Waals surface area (Å²) >= 11 is 6.03. The molecule has 3 nitrogen and oxygen atoms in total. The van der Waals surface area contributed by atoms with Crippen LogP contribution in [0.25, 0.3) is 0 Å². The second-order valence-electron chi connectivity index (χ2n) is 3.36. The van der Waals surface area contributed by atoms with Gasteiger partial charge in [0.15, 0.2) is 5.15 Å². The van der Waals surface area contributed by atoms with Crippen molar-refractivity contribution in [3.63, 3.8) is 0 Å². The molecular weight excluding hydrogens is 186 g/mol. The van der Waals surface area contributed by atoms with Crippen molar-refractivity contribution in [3.05, 3.63) is 17.2 Å². The van der Waals surface area contributed by atoms with E-state index in [1.807, 2.05) is 6.33 Å². The molecule has 0 saturated carbocycles. The number of rotatable bonds is 2. The minimum Gasteiger partial charge on any atom is -0.332 e. The van der Waals surface area contributed by atoms with Crippen LogP contribution in [-0.2, 0) is 6.54 Å². The van der Waals surface area contributed by atoms with E-state index in [4.69, 9.17) is 11.6 Å². The summed E-state index contributed by atoms with van der Waals surface area (Å²) in [7, 11) is 0. The van der Waals surface area contributed by atoms with Gasteiger partial charge in [0.2, 0.25) is 0 Å². The fourth-order valence-corrected chi connectivity index (χ4v) is 2.16. The Bertz CT molecular complexity index is 289. The quantitative estimate of drug-likeness (QED) is 0.790. The van der Waals surface area contributed by atoms with Gasteiger partial charge in [0.05, 0.1) is 18.1 Å². The van der Waals surface area contributed by atoms with E-state index in [1.165, 1.54) is 12.8 Å². The number of imidazole rings is 1. The number of halogens is 1. The van der Waals surface area contributed by atoms with Gasteiger partial charge in [-0.15, -0.1) is 0 Å². The van der Waals surface area contributed by atoms with Crippen molar-refractivity contribution in [2.24, 2.45) is 0 Å². The van der Waals surface area contributed by atoms with Crippen LogP contribution in [0.5, 0.6) is 0 Å². The minimum absolute atomic E-state index is 0.412. The fourth-order valence-electron chi connectivity index (χ4n) is 1.88. The Morgan fingerprint density at radius 3 is 3.23 bits per heavy atom. The van der Waals surface area contributed by atoms with Crippen molar-refractivity contribution in [2.75, 3.05) is 6.54 Å². The van der Waals surface area contributed by atoms with Gasteiger partial charge in [-0.05, 0) is 26.3 Å². The van der Waals surface area contributed by atoms with Crippen molar-refractivity contribution in [1.29, 1.82) is 0 Å². The standard InChI is InChI=1S/C9H14ClN3/c1-2-13-6-12-9(10)8(13)7-4-3-5-11-7/h6-7,11H,2-5H2,1H3. The lowest BCUT2D eigenvalue weighted by Crippen LogP contribution is -2.16. The molecule has 1 aliphatic rings. The largest absolute Gasteiger partial charge is 0.332 e. The molecule has 0 radical (unpaired) electrons. The molecule has 1 fully saturated rings. The molecule has 1 aromatic heterocycles. The van der Waals surface area contributed by atoms with Crippen molar-refractivity contribution in [3.8, 4) is 0 Å². The Kier molecular flexibility index (Phi) is 2.56. The highest BCUT2D eigenvalue weighted by atomic mass is 35.5. The van der Waals surface area contributed by atoms with Crippen LogP contribution >= 0.6 is 11.6 Å². The predicted molar refractivity (Wildman–Crippen MR) is 52.9 cm³/mol. The van der Waals surface area contributed by atoms with E-state index in [2.05, 4.69) is 21.8 Å². The van der Waals surface area contributed by atoms with Crippen LogP contribution in [0.3, 0.4) is 0 Å². The summed E-state index contributed by atoms with van der Waals surface area (Å²) in [6, 6.07) is 0.412. The smallest absolute Gasteiger partial charge is 0.151 e. The zero-order valence-electron chi connectivity index (χ0n) is 7.76. The topological polar surface area (TPSA) is 29.9 Å². The number of aryl methyl sites for hydroxylation is 1. The van der Waals surface area contributed by atoms with Crippen LogP contribution in [0.2, 0.25) is 5.15 Å². The summed E-state index contributed by atoms with van der Waals surface area (Å²) in [5.41, 5.74) is 1.15. The van der Waals surface area contributed by atoms with Crippen LogP contribution < -0.4 is 5.32 Å². The Hall–Kier alpha value is -0.540. The summed E-state index contributed by atoms with van der Waals surface area (Å²) in [5.74, 6) is 0. The zero-order valence-corrected chi connectivity index (χ0v) is 8.51. The molecule has 0 bridgehead atoms. The third-order valence-corrected chi connectivity index (χ3v) is 2.85. The molecule has 1 N–H and O–H groups in total. The number of nitrogens with zero attached hydrogens (tertiary/aromatic N) is 2. The van der Waals surface area contributed by atoms with Crippen LogP contribution in [0.15, 0.2) is 6.33 Å². The molecule has 1 unspecified atom stereocenters. The van der Waals surface area contributed by atoms with E-state index < -0.39 is 0 Å². The molecule has 2 heterocycles. The van der Waals surface area contributed by atoms with Crippen LogP contribution in [0, 0.1) is 0 Å². The predicted octanol–water partition coefficient (Wildman–Crippen LogP) is 1.98. The molecule has 13 heavy (non-hydrogen) atoms. The lowest BCUT2D eigenvalue weighted by Gasteiger charge is -2.12. The molecule has 4 heteroatoms. The first kappa shape index (κ1) is 9.03. The second kappa shape index (κ2) is 3.68. The molecule has 2 rings (SSSR count). The van der Waals surface area contributed by atoms with Gasteiger partial charge in [-0.3, -0.25) is 0 Å². The minimum atomic E-state index is 0.412. The van der Waals surface area contributed by atoms with Gasteiger partial charge < -0.3 is 9.88 Å². The van der Waals surface area contributed by atoms with E-state index >= 15 is 0 Å². The maximum atomic E-state index is 6.03. The Balaban J connectivity index is 2.30. The summed E-state index contributed by atoms with van der Waals surface area (Å²) in [5, 5.41) is 4.08. The van der Waals surface area contributed by atoms with Crippen LogP contribution in [-0.4, -0.2) is 16.1 Å². The van der Waals surface area contributed by atoms with Crippen LogP contribution in [0.4, 0.5) is 0 Å². The summed E-state index contributed by atoms with van der Waals surface area (Å²) in [4.78, 5) is 4.12. The fraction of sp³-hybridized carbons (Fsp3) is 0.667. The van der Waals surface area contributed by atoms with E-state index in [0.717, 1.165) is 18.8 Å². The molecule has 1 aromatic rings. The van der Waals surface area contributed by atoms with E-state index in [0.29, 0.717) is 11.2 Å². The zero-order chi connectivity index (χ0) is 9.26. The number of hydrogen-bond acceptors (Lipinski definition) is 2. The summed E-state index contributed by atoms with van der Waals surface area (Å²) in [6.07, 6.45) is 4.22. The maximum absolute atomic E-state index is 6.03.